The first kappa shape index (κ1) is 59.5. The summed E-state index contributed by atoms with van der Waals surface area (Å²) in [5.41, 5.74) is 11.7. The summed E-state index contributed by atoms with van der Waals surface area (Å²) in [6.07, 6.45) is 0. The van der Waals surface area contributed by atoms with Crippen molar-refractivity contribution >= 4 is 135 Å². The number of aromatic nitrogens is 2. The lowest BCUT2D eigenvalue weighted by Crippen LogP contribution is -2.74. The topological polar surface area (TPSA) is 16.3 Å². The lowest BCUT2D eigenvalue weighted by atomic mass is 10.1. The van der Waals surface area contributed by atoms with E-state index in [-0.39, 0.29) is 11.6 Å². The third-order valence-electron chi connectivity index (χ3n) is 19.7. The summed E-state index contributed by atoms with van der Waals surface area (Å²) < 4.78 is 34.7. The molecule has 0 saturated heterocycles. The lowest BCUT2D eigenvalue weighted by Gasteiger charge is -2.34. The van der Waals surface area contributed by atoms with Crippen molar-refractivity contribution in [1.29, 1.82) is 0 Å². The molecule has 2 aromatic heterocycles. The smallest absolute Gasteiger partial charge is 0.179 e. The van der Waals surface area contributed by atoms with E-state index in [0.717, 1.165) is 89.1 Å². The Morgan fingerprint density at radius 1 is 0.194 bits per heavy atom. The molecule has 2 heterocycles. The molecule has 17 rings (SSSR count). The highest BCUT2D eigenvalue weighted by Gasteiger charge is 2.43. The van der Waals surface area contributed by atoms with Crippen LogP contribution < -0.4 is 51.3 Å². The molecule has 0 aliphatic carbocycles. The van der Waals surface area contributed by atoms with Gasteiger partial charge in [0.25, 0.3) is 0 Å². The average molecular weight is 1300 g/mol. The van der Waals surface area contributed by atoms with E-state index in [2.05, 4.69) is 359 Å². The van der Waals surface area contributed by atoms with Crippen LogP contribution in [0.4, 0.5) is 42.9 Å². The van der Waals surface area contributed by atoms with E-state index in [0.29, 0.717) is 0 Å². The molecule has 0 atom stereocenters. The highest BCUT2D eigenvalue weighted by atomic mass is 28.3. The van der Waals surface area contributed by atoms with Crippen LogP contribution in [-0.4, -0.2) is 25.3 Å². The zero-order chi connectivity index (χ0) is 65.6. The lowest BCUT2D eigenvalue weighted by molar-refractivity contribution is 0.627. The number of rotatable bonds is 16. The second kappa shape index (κ2) is 25.2. The summed E-state index contributed by atoms with van der Waals surface area (Å²) in [4.78, 5) is 4.69. The number of nitrogens with zero attached hydrogens (tertiary/aromatic N) is 4. The highest BCUT2D eigenvalue weighted by Crippen LogP contribution is 2.44. The fraction of sp³-hybridized carbons (Fsp3) is 0. The molecule has 0 unspecified atom stereocenters. The van der Waals surface area contributed by atoms with Crippen molar-refractivity contribution in [3.05, 3.63) is 400 Å². The van der Waals surface area contributed by atoms with Crippen molar-refractivity contribution in [1.82, 2.24) is 9.13 Å². The standard InChI is InChI=1S/C90H64F2N4Si2/c91-65-41-45-71(46-42-65)95-87-57-53-73(61-83(87)85-63-81(55-59-89(85)95)97(75-29-13-3-14-30-75,76-31-15-4-16-32-76)77-33-17-5-18-34-77)94(70-51-49-69(50-52-70)93(67-25-9-1-10-26-67)68-27-11-2-12-28-68)74-54-58-88-84(62-74)86-64-82(56-60-90(86)96(88)72-47-43-66(92)44-48-72)98(78-35-19-6-20-36-78,79-37-21-7-22-38-79)80-39-23-8-24-40-80/h1-64H. The van der Waals surface area contributed by atoms with Crippen LogP contribution in [0.3, 0.4) is 0 Å². The number of para-hydroxylation sites is 2. The molecule has 0 aliphatic rings. The maximum Gasteiger partial charge on any atom is 0.179 e. The van der Waals surface area contributed by atoms with Crippen LogP contribution in [0.5, 0.6) is 0 Å². The maximum absolute atomic E-state index is 15.1. The van der Waals surface area contributed by atoms with Gasteiger partial charge in [0.1, 0.15) is 11.6 Å². The summed E-state index contributed by atoms with van der Waals surface area (Å²) in [6, 6.07) is 138. The first-order valence-corrected chi connectivity index (χ1v) is 37.3. The second-order valence-electron chi connectivity index (χ2n) is 25.0. The number of hydrogen-bond donors (Lipinski definition) is 0. The molecule has 466 valence electrons. The predicted octanol–water partition coefficient (Wildman–Crippen LogP) is 17.9. The van der Waals surface area contributed by atoms with Crippen LogP contribution in [0.15, 0.2) is 388 Å². The summed E-state index contributed by atoms with van der Waals surface area (Å²) in [6.45, 7) is 0. The summed E-state index contributed by atoms with van der Waals surface area (Å²) in [5.74, 6) is -0.584. The van der Waals surface area contributed by atoms with Gasteiger partial charge in [-0.15, -0.1) is 0 Å². The van der Waals surface area contributed by atoms with Crippen LogP contribution in [0, 0.1) is 11.6 Å². The van der Waals surface area contributed by atoms with E-state index in [1.165, 1.54) is 41.5 Å². The largest absolute Gasteiger partial charge is 0.311 e. The number of halogens is 2. The van der Waals surface area contributed by atoms with E-state index in [4.69, 9.17) is 0 Å². The Kier molecular flexibility index (Phi) is 15.3. The van der Waals surface area contributed by atoms with Gasteiger partial charge >= 0.3 is 0 Å². The predicted molar refractivity (Wildman–Crippen MR) is 412 cm³/mol. The third-order valence-corrected chi connectivity index (χ3v) is 29.2. The van der Waals surface area contributed by atoms with Gasteiger partial charge in [-0.2, -0.15) is 0 Å². The van der Waals surface area contributed by atoms with Crippen LogP contribution >= 0.6 is 0 Å². The Morgan fingerprint density at radius 3 is 0.704 bits per heavy atom. The molecular weight excluding hydrogens is 1230 g/mol. The van der Waals surface area contributed by atoms with Crippen LogP contribution in [0.1, 0.15) is 0 Å². The van der Waals surface area contributed by atoms with Gasteiger partial charge in [0, 0.05) is 67.0 Å². The second-order valence-corrected chi connectivity index (χ2v) is 32.7. The fourth-order valence-electron chi connectivity index (χ4n) is 15.4. The van der Waals surface area contributed by atoms with Crippen molar-refractivity contribution in [2.24, 2.45) is 0 Å². The van der Waals surface area contributed by atoms with E-state index in [1.54, 1.807) is 24.3 Å². The van der Waals surface area contributed by atoms with Crippen LogP contribution in [0.2, 0.25) is 0 Å². The van der Waals surface area contributed by atoms with Gasteiger partial charge in [0.05, 0.1) is 22.1 Å². The van der Waals surface area contributed by atoms with Gasteiger partial charge in [-0.1, -0.05) is 243 Å². The Labute approximate surface area is 570 Å². The minimum absolute atomic E-state index is 0.292. The van der Waals surface area contributed by atoms with Gasteiger partial charge in [0.15, 0.2) is 16.1 Å². The Bertz CT molecular complexity index is 5140. The Balaban J connectivity index is 0.938. The van der Waals surface area contributed by atoms with Gasteiger partial charge in [0.2, 0.25) is 0 Å². The zero-order valence-electron chi connectivity index (χ0n) is 53.5. The maximum atomic E-state index is 15.1. The first-order chi connectivity index (χ1) is 48.4. The van der Waals surface area contributed by atoms with E-state index >= 15 is 8.78 Å². The molecule has 0 saturated carbocycles. The number of hydrogen-bond acceptors (Lipinski definition) is 2. The molecule has 8 heteroatoms. The monoisotopic (exact) mass is 1290 g/mol. The van der Waals surface area contributed by atoms with E-state index < -0.39 is 16.1 Å². The summed E-state index contributed by atoms with van der Waals surface area (Å²) in [7, 11) is -6.05. The van der Waals surface area contributed by atoms with Gasteiger partial charge in [-0.05, 0) is 187 Å². The Hall–Kier alpha value is -12.2. The molecule has 0 aliphatic heterocycles. The number of fused-ring (bicyclic) bond motifs is 6. The Morgan fingerprint density at radius 2 is 0.418 bits per heavy atom. The molecule has 4 nitrogen and oxygen atoms in total. The molecule has 15 aromatic carbocycles. The number of anilines is 6. The van der Waals surface area contributed by atoms with Gasteiger partial charge in [-0.3, -0.25) is 0 Å². The quantitative estimate of drug-likeness (QED) is 0.0708. The fourth-order valence-corrected chi connectivity index (χ4v) is 25.0. The normalized spacial score (nSPS) is 11.8. The molecule has 98 heavy (non-hydrogen) atoms. The molecule has 0 amide bonds. The minimum Gasteiger partial charge on any atom is -0.311 e. The van der Waals surface area contributed by atoms with Gasteiger partial charge in [-0.25, -0.2) is 8.78 Å². The van der Waals surface area contributed by atoms with E-state index in [9.17, 15) is 0 Å². The van der Waals surface area contributed by atoms with Crippen molar-refractivity contribution < 1.29 is 8.78 Å². The molecule has 17 aromatic rings. The molecular formula is C90H64F2N4Si2. The molecule has 0 radical (unpaired) electrons. The zero-order valence-corrected chi connectivity index (χ0v) is 55.5. The average Bonchev–Trinajstić information content (AvgIpc) is 1.68. The molecule has 0 bridgehead atoms. The van der Waals surface area contributed by atoms with Crippen molar-refractivity contribution in [2.75, 3.05) is 9.80 Å². The first-order valence-electron chi connectivity index (χ1n) is 33.3. The SMILES string of the molecule is Fc1ccc(-n2c3ccc(N(c4ccc(N(c5ccccc5)c5ccccc5)cc4)c4ccc5c(c4)c4cc([Si](c6ccccc6)(c6ccccc6)c6ccccc6)ccc4n5-c4ccc(F)cc4)cc3c3cc([Si](c4ccccc4)(c4ccccc4)c4ccccc4)ccc32)cc1. The molecule has 0 spiro atoms. The minimum atomic E-state index is -3.03. The number of benzene rings is 15. The summed E-state index contributed by atoms with van der Waals surface area (Å²) >= 11 is 0. The van der Waals surface area contributed by atoms with Crippen molar-refractivity contribution in [3.63, 3.8) is 0 Å². The van der Waals surface area contributed by atoms with E-state index in [1.807, 2.05) is 24.3 Å². The third kappa shape index (κ3) is 10.2. The van der Waals surface area contributed by atoms with Crippen LogP contribution in [-0.2, 0) is 0 Å². The van der Waals surface area contributed by atoms with Crippen LogP contribution in [0.25, 0.3) is 55.0 Å². The van der Waals surface area contributed by atoms with Crippen molar-refractivity contribution in [2.45, 2.75) is 0 Å². The summed E-state index contributed by atoms with van der Waals surface area (Å²) in [5, 5.41) is 14.4. The van der Waals surface area contributed by atoms with Gasteiger partial charge < -0.3 is 18.9 Å². The highest BCUT2D eigenvalue weighted by molar-refractivity contribution is 7.20. The molecule has 0 fully saturated rings. The molecule has 0 N–H and O–H groups in total. The van der Waals surface area contributed by atoms with Crippen molar-refractivity contribution in [3.8, 4) is 11.4 Å².